The average molecular weight is 535 g/mol. The molecule has 6 rings (SSSR count). The molecular formula is C35H36NO2S+. The minimum absolute atomic E-state index is 0.109. The van der Waals surface area contributed by atoms with E-state index in [4.69, 9.17) is 4.74 Å². The Morgan fingerprint density at radius 3 is 2.56 bits per heavy atom. The van der Waals surface area contributed by atoms with Crippen molar-refractivity contribution in [1.29, 1.82) is 0 Å². The molecule has 1 aliphatic heterocycles. The van der Waals surface area contributed by atoms with Gasteiger partial charge in [0.1, 0.15) is 7.05 Å². The van der Waals surface area contributed by atoms with Crippen LogP contribution in [-0.4, -0.2) is 23.3 Å². The number of hydrogen-bond donors (Lipinski definition) is 0. The molecule has 1 fully saturated rings. The summed E-state index contributed by atoms with van der Waals surface area (Å²) < 4.78 is 8.04. The third kappa shape index (κ3) is 5.23. The number of hydrogen-bond acceptors (Lipinski definition) is 3. The van der Waals surface area contributed by atoms with E-state index < -0.39 is 0 Å². The van der Waals surface area contributed by atoms with Gasteiger partial charge in [0.25, 0.3) is 0 Å². The molecule has 0 spiro atoms. The van der Waals surface area contributed by atoms with Gasteiger partial charge in [-0.15, -0.1) is 0 Å². The standard InChI is InChI=1S/C35H36NO2S/c1-35(24-26-12-4-3-5-13-26)31(36(2)30-20-17-27-14-8-9-15-29(27)34(30)35)21-18-28-19-23-33(39-28)38-32(37)22-16-25-10-6-7-11-25/h3-5,8-9,12-15,17-21,23,25H,6-7,10-11,16,22,24H2,1-2H3/q+1. The van der Waals surface area contributed by atoms with Crippen molar-refractivity contribution in [2.75, 3.05) is 7.05 Å². The van der Waals surface area contributed by atoms with Crippen LogP contribution >= 0.6 is 11.3 Å². The minimum atomic E-state index is -0.199. The summed E-state index contributed by atoms with van der Waals surface area (Å²) in [5, 5.41) is 3.26. The van der Waals surface area contributed by atoms with Crippen molar-refractivity contribution in [3.8, 4) is 5.06 Å². The van der Waals surface area contributed by atoms with Crippen LogP contribution in [0.2, 0.25) is 0 Å². The Morgan fingerprint density at radius 1 is 0.974 bits per heavy atom. The zero-order valence-corrected chi connectivity index (χ0v) is 23.7. The minimum Gasteiger partial charge on any atom is -0.415 e. The summed E-state index contributed by atoms with van der Waals surface area (Å²) >= 11 is 1.53. The maximum atomic E-state index is 12.4. The lowest BCUT2D eigenvalue weighted by Gasteiger charge is -2.24. The Balaban J connectivity index is 1.27. The molecule has 2 heterocycles. The first-order valence-corrected chi connectivity index (χ1v) is 15.0. The Kier molecular flexibility index (Phi) is 7.22. The molecular weight excluding hydrogens is 498 g/mol. The molecule has 0 bridgehead atoms. The maximum absolute atomic E-state index is 12.4. The van der Waals surface area contributed by atoms with Crippen LogP contribution in [-0.2, 0) is 16.6 Å². The quantitative estimate of drug-likeness (QED) is 0.167. The van der Waals surface area contributed by atoms with Crippen molar-refractivity contribution in [2.45, 2.75) is 57.3 Å². The first-order chi connectivity index (χ1) is 19.0. The molecule has 39 heavy (non-hydrogen) atoms. The fourth-order valence-corrected chi connectivity index (χ4v) is 7.43. The molecule has 1 unspecified atom stereocenters. The molecule has 198 valence electrons. The third-order valence-corrected chi connectivity index (χ3v) is 9.53. The maximum Gasteiger partial charge on any atom is 0.311 e. The molecule has 0 radical (unpaired) electrons. The number of allylic oxidation sites excluding steroid dienone is 1. The van der Waals surface area contributed by atoms with Crippen molar-refractivity contribution in [3.05, 3.63) is 101 Å². The van der Waals surface area contributed by atoms with Crippen LogP contribution in [0.25, 0.3) is 16.8 Å². The van der Waals surface area contributed by atoms with E-state index in [1.54, 1.807) is 0 Å². The van der Waals surface area contributed by atoms with E-state index in [1.807, 2.05) is 12.1 Å². The van der Waals surface area contributed by atoms with E-state index in [0.29, 0.717) is 17.4 Å². The number of carbonyl (C=O) groups is 1. The molecule has 4 heteroatoms. The van der Waals surface area contributed by atoms with Gasteiger partial charge in [-0.25, -0.2) is 0 Å². The van der Waals surface area contributed by atoms with Crippen LogP contribution in [0.1, 0.15) is 61.5 Å². The second-order valence-electron chi connectivity index (χ2n) is 11.3. The molecule has 4 aromatic rings. The summed E-state index contributed by atoms with van der Waals surface area (Å²) in [6.45, 7) is 2.38. The molecule has 1 atom stereocenters. The van der Waals surface area contributed by atoms with Crippen LogP contribution in [0.4, 0.5) is 5.69 Å². The predicted octanol–water partition coefficient (Wildman–Crippen LogP) is 8.72. The van der Waals surface area contributed by atoms with E-state index in [0.717, 1.165) is 17.7 Å². The SMILES string of the molecule is C[N+]1=C(C=Cc2ccc(OC(=O)CCC3CCCC3)s2)C(C)(Cc2ccccc2)c2c1ccc1ccccc21. The number of ether oxygens (including phenoxy) is 1. The van der Waals surface area contributed by atoms with E-state index in [-0.39, 0.29) is 11.4 Å². The monoisotopic (exact) mass is 534 g/mol. The lowest BCUT2D eigenvalue weighted by molar-refractivity contribution is -0.401. The summed E-state index contributed by atoms with van der Waals surface area (Å²) in [5.74, 6) is 0.591. The molecule has 3 aromatic carbocycles. The Labute approximate surface area is 235 Å². The highest BCUT2D eigenvalue weighted by Gasteiger charge is 2.47. The van der Waals surface area contributed by atoms with E-state index in [2.05, 4.69) is 97.4 Å². The third-order valence-electron chi connectivity index (χ3n) is 8.60. The Bertz CT molecular complexity index is 1560. The molecule has 1 saturated carbocycles. The van der Waals surface area contributed by atoms with Gasteiger partial charge in [0.2, 0.25) is 5.69 Å². The highest BCUT2D eigenvalue weighted by Crippen LogP contribution is 2.46. The number of rotatable bonds is 8. The summed E-state index contributed by atoms with van der Waals surface area (Å²) in [5.41, 5.74) is 5.03. The van der Waals surface area contributed by atoms with Crippen molar-refractivity contribution in [3.63, 3.8) is 0 Å². The number of esters is 1. The van der Waals surface area contributed by atoms with Gasteiger partial charge in [0.05, 0.1) is 5.41 Å². The van der Waals surface area contributed by atoms with Crippen molar-refractivity contribution < 1.29 is 14.1 Å². The summed E-state index contributed by atoms with van der Waals surface area (Å²) in [6, 6.07) is 27.9. The molecule has 2 aliphatic rings. The summed E-state index contributed by atoms with van der Waals surface area (Å²) in [4.78, 5) is 13.5. The summed E-state index contributed by atoms with van der Waals surface area (Å²) in [6.07, 6.45) is 11.9. The van der Waals surface area contributed by atoms with Gasteiger partial charge in [-0.1, -0.05) is 91.6 Å². The molecule has 1 aliphatic carbocycles. The molecule has 0 saturated heterocycles. The van der Waals surface area contributed by atoms with E-state index in [1.165, 1.54) is 70.3 Å². The number of fused-ring (bicyclic) bond motifs is 3. The second-order valence-corrected chi connectivity index (χ2v) is 12.4. The fraction of sp³-hybridized carbons (Fsp3) is 0.314. The largest absolute Gasteiger partial charge is 0.415 e. The lowest BCUT2D eigenvalue weighted by atomic mass is 9.73. The molecule has 0 N–H and O–H groups in total. The van der Waals surface area contributed by atoms with E-state index in [9.17, 15) is 4.79 Å². The van der Waals surface area contributed by atoms with Crippen LogP contribution < -0.4 is 4.74 Å². The zero-order valence-electron chi connectivity index (χ0n) is 22.9. The summed E-state index contributed by atoms with van der Waals surface area (Å²) in [7, 11) is 2.18. The molecule has 3 nitrogen and oxygen atoms in total. The smallest absolute Gasteiger partial charge is 0.311 e. The van der Waals surface area contributed by atoms with Crippen molar-refractivity contribution >= 4 is 45.6 Å². The number of nitrogens with zero attached hydrogens (tertiary/aromatic N) is 1. The zero-order chi connectivity index (χ0) is 26.8. The van der Waals surface area contributed by atoms with Crippen LogP contribution in [0.5, 0.6) is 5.06 Å². The number of carbonyl (C=O) groups excluding carboxylic acids is 1. The normalized spacial score (nSPS) is 19.3. The van der Waals surface area contributed by atoms with E-state index >= 15 is 0 Å². The van der Waals surface area contributed by atoms with Crippen molar-refractivity contribution in [1.82, 2.24) is 0 Å². The highest BCUT2D eigenvalue weighted by molar-refractivity contribution is 7.14. The number of benzene rings is 3. The fourth-order valence-electron chi connectivity index (χ4n) is 6.65. The van der Waals surface area contributed by atoms with Gasteiger partial charge < -0.3 is 4.74 Å². The topological polar surface area (TPSA) is 29.3 Å². The van der Waals surface area contributed by atoms with Crippen LogP contribution in [0, 0.1) is 5.92 Å². The van der Waals surface area contributed by atoms with Crippen LogP contribution in [0.3, 0.4) is 0 Å². The molecule has 0 amide bonds. The van der Waals surface area contributed by atoms with Gasteiger partial charge in [0.15, 0.2) is 10.8 Å². The highest BCUT2D eigenvalue weighted by atomic mass is 32.1. The van der Waals surface area contributed by atoms with Crippen molar-refractivity contribution in [2.24, 2.45) is 5.92 Å². The number of thiophene rings is 1. The van der Waals surface area contributed by atoms with Gasteiger partial charge >= 0.3 is 5.97 Å². The Morgan fingerprint density at radius 2 is 1.74 bits per heavy atom. The second kappa shape index (κ2) is 10.9. The van der Waals surface area contributed by atoms with Gasteiger partial charge in [-0.05, 0) is 66.3 Å². The first-order valence-electron chi connectivity index (χ1n) is 14.2. The molecule has 1 aromatic heterocycles. The lowest BCUT2D eigenvalue weighted by Crippen LogP contribution is -2.33. The Hall–Kier alpha value is -3.50. The van der Waals surface area contributed by atoms with Gasteiger partial charge in [0, 0.05) is 29.0 Å². The van der Waals surface area contributed by atoms with Gasteiger partial charge in [-0.3, -0.25) is 4.79 Å². The first kappa shape index (κ1) is 25.8. The average Bonchev–Trinajstić information content (AvgIpc) is 3.67. The van der Waals surface area contributed by atoms with Crippen LogP contribution in [0.15, 0.2) is 84.9 Å². The van der Waals surface area contributed by atoms with Gasteiger partial charge in [-0.2, -0.15) is 4.58 Å². The predicted molar refractivity (Wildman–Crippen MR) is 162 cm³/mol.